The van der Waals surface area contributed by atoms with E-state index >= 15 is 0 Å². The van der Waals surface area contributed by atoms with E-state index in [1.807, 2.05) is 6.07 Å². The highest BCUT2D eigenvalue weighted by molar-refractivity contribution is 5.92. The van der Waals surface area contributed by atoms with Crippen molar-refractivity contribution in [1.82, 2.24) is 9.88 Å². The summed E-state index contributed by atoms with van der Waals surface area (Å²) in [5.74, 6) is 0. The third-order valence-electron chi connectivity index (χ3n) is 5.67. The number of hydrogen-bond acceptors (Lipinski definition) is 3. The van der Waals surface area contributed by atoms with Gasteiger partial charge in [0.05, 0.1) is 17.9 Å². The maximum Gasteiger partial charge on any atom is 0.0901 e. The molecule has 0 amide bonds. The first-order valence-corrected chi connectivity index (χ1v) is 9.31. The first-order valence-electron chi connectivity index (χ1n) is 9.31. The van der Waals surface area contributed by atoms with Crippen molar-refractivity contribution in [1.29, 1.82) is 0 Å². The quantitative estimate of drug-likeness (QED) is 0.675. The molecule has 26 heavy (non-hydrogen) atoms. The maximum atomic E-state index is 10.3. The van der Waals surface area contributed by atoms with Gasteiger partial charge in [0.15, 0.2) is 0 Å². The van der Waals surface area contributed by atoms with Crippen LogP contribution in [-0.2, 0) is 6.54 Å². The van der Waals surface area contributed by atoms with E-state index in [9.17, 15) is 10.2 Å². The van der Waals surface area contributed by atoms with E-state index in [0.29, 0.717) is 12.8 Å². The number of benzene rings is 2. The summed E-state index contributed by atoms with van der Waals surface area (Å²) in [6.45, 7) is 4.42. The van der Waals surface area contributed by atoms with E-state index in [2.05, 4.69) is 59.3 Å². The van der Waals surface area contributed by atoms with Gasteiger partial charge in [0, 0.05) is 30.5 Å². The first-order chi connectivity index (χ1) is 12.6. The zero-order valence-corrected chi connectivity index (χ0v) is 15.2. The molecular weight excluding hydrogens is 324 g/mol. The average Bonchev–Trinajstić information content (AvgIpc) is 3.04. The van der Waals surface area contributed by atoms with Crippen LogP contribution in [-0.4, -0.2) is 45.4 Å². The van der Waals surface area contributed by atoms with Crippen molar-refractivity contribution >= 4 is 10.9 Å². The molecule has 0 spiro atoms. The molecule has 1 aliphatic heterocycles. The Bertz CT molecular complexity index is 893. The lowest BCUT2D eigenvalue weighted by molar-refractivity contribution is -0.0605. The number of hydrogen-bond donors (Lipinski definition) is 3. The zero-order valence-electron chi connectivity index (χ0n) is 15.2. The Morgan fingerprint density at radius 1 is 1.04 bits per heavy atom. The van der Waals surface area contributed by atoms with Crippen LogP contribution in [0.2, 0.25) is 0 Å². The highest BCUT2D eigenvalue weighted by Gasteiger charge is 2.32. The number of aryl methyl sites for hydroxylation is 1. The van der Waals surface area contributed by atoms with Crippen LogP contribution >= 0.6 is 0 Å². The lowest BCUT2D eigenvalue weighted by Crippen LogP contribution is -2.46. The van der Waals surface area contributed by atoms with E-state index in [1.54, 1.807) is 0 Å². The Balaban J connectivity index is 1.71. The zero-order chi connectivity index (χ0) is 18.1. The number of rotatable bonds is 4. The predicted molar refractivity (Wildman–Crippen MR) is 105 cm³/mol. The smallest absolute Gasteiger partial charge is 0.0901 e. The number of aliphatic hydroxyl groups excluding tert-OH is 1. The van der Waals surface area contributed by atoms with Crippen LogP contribution in [0, 0.1) is 6.92 Å². The fourth-order valence-electron chi connectivity index (χ4n) is 3.94. The summed E-state index contributed by atoms with van der Waals surface area (Å²) in [7, 11) is 0. The van der Waals surface area contributed by atoms with Gasteiger partial charge in [0.2, 0.25) is 0 Å². The maximum absolute atomic E-state index is 10.3. The van der Waals surface area contributed by atoms with Gasteiger partial charge in [-0.15, -0.1) is 0 Å². The van der Waals surface area contributed by atoms with Crippen molar-refractivity contribution in [3.05, 3.63) is 59.7 Å². The van der Waals surface area contributed by atoms with E-state index in [4.69, 9.17) is 0 Å². The molecule has 3 aromatic rings. The third-order valence-corrected chi connectivity index (χ3v) is 5.67. The van der Waals surface area contributed by atoms with Gasteiger partial charge in [-0.2, -0.15) is 0 Å². The number of fused-ring (bicyclic) bond motifs is 1. The van der Waals surface area contributed by atoms with Gasteiger partial charge in [0.25, 0.3) is 0 Å². The molecule has 1 fully saturated rings. The lowest BCUT2D eigenvalue weighted by Gasteiger charge is -2.37. The number of para-hydroxylation sites is 1. The van der Waals surface area contributed by atoms with E-state index in [0.717, 1.165) is 19.6 Å². The standard InChI is InChI=1S/C22H26N2O2/c1-16-6-5-9-18-19(14-24-12-10-22(26,15-25)11-13-24)21(23-20(16)18)17-7-3-2-4-8-17/h2-9,23,25-26H,10-15H2,1H3. The second-order valence-corrected chi connectivity index (χ2v) is 7.50. The number of H-pyrrole nitrogens is 1. The van der Waals surface area contributed by atoms with Crippen LogP contribution in [0.1, 0.15) is 24.0 Å². The van der Waals surface area contributed by atoms with E-state index in [-0.39, 0.29) is 6.61 Å². The topological polar surface area (TPSA) is 59.5 Å². The van der Waals surface area contributed by atoms with Crippen molar-refractivity contribution in [3.8, 4) is 11.3 Å². The normalized spacial score (nSPS) is 17.7. The van der Waals surface area contributed by atoms with Crippen molar-refractivity contribution in [2.75, 3.05) is 19.7 Å². The highest BCUT2D eigenvalue weighted by Crippen LogP contribution is 2.34. The van der Waals surface area contributed by atoms with Gasteiger partial charge in [-0.25, -0.2) is 0 Å². The molecule has 0 saturated carbocycles. The van der Waals surface area contributed by atoms with Crippen LogP contribution in [0.5, 0.6) is 0 Å². The summed E-state index contributed by atoms with van der Waals surface area (Å²) in [4.78, 5) is 6.03. The molecule has 2 aromatic carbocycles. The van der Waals surface area contributed by atoms with Crippen LogP contribution in [0.25, 0.3) is 22.2 Å². The van der Waals surface area contributed by atoms with Crippen LogP contribution in [0.15, 0.2) is 48.5 Å². The number of nitrogens with zero attached hydrogens (tertiary/aromatic N) is 1. The van der Waals surface area contributed by atoms with Crippen molar-refractivity contribution in [3.63, 3.8) is 0 Å². The number of likely N-dealkylation sites (tertiary alicyclic amines) is 1. The molecule has 1 aliphatic rings. The van der Waals surface area contributed by atoms with Crippen molar-refractivity contribution < 1.29 is 10.2 Å². The molecule has 0 atom stereocenters. The van der Waals surface area contributed by atoms with Crippen LogP contribution in [0.3, 0.4) is 0 Å². The fourth-order valence-corrected chi connectivity index (χ4v) is 3.94. The minimum atomic E-state index is -0.907. The third kappa shape index (κ3) is 3.16. The Labute approximate surface area is 154 Å². The summed E-state index contributed by atoms with van der Waals surface area (Å²) in [5.41, 5.74) is 5.23. The SMILES string of the molecule is Cc1cccc2c(CN3CCC(O)(CO)CC3)c(-c3ccccc3)[nH]c12. The number of aliphatic hydroxyl groups is 2. The van der Waals surface area contributed by atoms with Gasteiger partial charge in [-0.1, -0.05) is 48.5 Å². The fraction of sp³-hybridized carbons (Fsp3) is 0.364. The Morgan fingerprint density at radius 2 is 1.77 bits per heavy atom. The molecule has 1 aromatic heterocycles. The van der Waals surface area contributed by atoms with Gasteiger partial charge in [0.1, 0.15) is 0 Å². The number of aromatic nitrogens is 1. The monoisotopic (exact) mass is 350 g/mol. The molecule has 0 unspecified atom stereocenters. The van der Waals surface area contributed by atoms with Crippen LogP contribution < -0.4 is 0 Å². The number of piperidine rings is 1. The molecule has 1 saturated heterocycles. The second-order valence-electron chi connectivity index (χ2n) is 7.50. The van der Waals surface area contributed by atoms with Crippen molar-refractivity contribution in [2.45, 2.75) is 31.9 Å². The highest BCUT2D eigenvalue weighted by atomic mass is 16.3. The van der Waals surface area contributed by atoms with Gasteiger partial charge < -0.3 is 15.2 Å². The minimum Gasteiger partial charge on any atom is -0.393 e. The molecule has 3 N–H and O–H groups in total. The second kappa shape index (κ2) is 6.88. The van der Waals surface area contributed by atoms with Gasteiger partial charge in [-0.05, 0) is 36.5 Å². The summed E-state index contributed by atoms with van der Waals surface area (Å²) < 4.78 is 0. The average molecular weight is 350 g/mol. The number of aromatic amines is 1. The van der Waals surface area contributed by atoms with E-state index in [1.165, 1.54) is 33.3 Å². The summed E-state index contributed by atoms with van der Waals surface area (Å²) >= 11 is 0. The summed E-state index contributed by atoms with van der Waals surface area (Å²) in [6.07, 6.45) is 1.23. The largest absolute Gasteiger partial charge is 0.393 e. The van der Waals surface area contributed by atoms with Gasteiger partial charge >= 0.3 is 0 Å². The van der Waals surface area contributed by atoms with Gasteiger partial charge in [-0.3, -0.25) is 4.90 Å². The Hall–Kier alpha value is -2.14. The molecule has 2 heterocycles. The Kier molecular flexibility index (Phi) is 4.57. The molecule has 0 aliphatic carbocycles. The molecule has 4 nitrogen and oxygen atoms in total. The molecule has 0 bridgehead atoms. The molecule has 4 rings (SSSR count). The molecule has 136 valence electrons. The molecular formula is C22H26N2O2. The summed E-state index contributed by atoms with van der Waals surface area (Å²) in [6, 6.07) is 16.9. The lowest BCUT2D eigenvalue weighted by atomic mass is 9.92. The minimum absolute atomic E-state index is 0.150. The molecule has 4 heteroatoms. The Morgan fingerprint density at radius 3 is 2.46 bits per heavy atom. The van der Waals surface area contributed by atoms with Crippen LogP contribution in [0.4, 0.5) is 0 Å². The first kappa shape index (κ1) is 17.3. The molecule has 0 radical (unpaired) electrons. The van der Waals surface area contributed by atoms with Crippen molar-refractivity contribution in [2.24, 2.45) is 0 Å². The van der Waals surface area contributed by atoms with E-state index < -0.39 is 5.60 Å². The predicted octanol–water partition coefficient (Wildman–Crippen LogP) is 3.46. The summed E-state index contributed by atoms with van der Waals surface area (Å²) in [5, 5.41) is 20.9. The number of nitrogens with one attached hydrogen (secondary N) is 1.